The average molecular weight is 668 g/mol. The van der Waals surface area contributed by atoms with Crippen molar-refractivity contribution < 1.29 is 13.3 Å². The third-order valence-electron chi connectivity index (χ3n) is 10.3. The average Bonchev–Trinajstić information content (AvgIpc) is 3.89. The topological polar surface area (TPSA) is 42.7 Å². The van der Waals surface area contributed by atoms with Crippen LogP contribution in [-0.4, -0.2) is 0 Å². The van der Waals surface area contributed by atoms with Crippen molar-refractivity contribution in [1.29, 1.82) is 0 Å². The van der Waals surface area contributed by atoms with Crippen molar-refractivity contribution in [3.05, 3.63) is 176 Å². The van der Waals surface area contributed by atoms with Crippen LogP contribution in [0.2, 0.25) is 0 Å². The molecule has 0 aliphatic rings. The highest BCUT2D eigenvalue weighted by Gasteiger charge is 2.18. The monoisotopic (exact) mass is 667 g/mol. The van der Waals surface area contributed by atoms with Gasteiger partial charge in [0, 0.05) is 54.9 Å². The lowest BCUT2D eigenvalue weighted by molar-refractivity contribution is 0.668. The molecule has 0 aliphatic heterocycles. The largest absolute Gasteiger partial charge is 0.456 e. The summed E-state index contributed by atoms with van der Waals surface area (Å²) in [6, 6.07) is 61.5. The first-order valence-corrected chi connectivity index (χ1v) is 17.5. The Bertz CT molecular complexity index is 3130. The van der Waals surface area contributed by atoms with Crippen LogP contribution in [-0.2, 0) is 0 Å². The molecular weight excluding hydrogens is 639 g/mol. The minimum absolute atomic E-state index is 0.872. The van der Waals surface area contributed by atoms with E-state index in [0.29, 0.717) is 0 Å². The highest BCUT2D eigenvalue weighted by atomic mass is 16.3. The zero-order valence-electron chi connectivity index (χ0n) is 27.9. The lowest BCUT2D eigenvalue weighted by Crippen LogP contribution is -2.09. The summed E-state index contributed by atoms with van der Waals surface area (Å²) in [7, 11) is 0. The molecule has 0 atom stereocenters. The van der Waals surface area contributed by atoms with Gasteiger partial charge in [0.1, 0.15) is 33.5 Å². The fourth-order valence-corrected chi connectivity index (χ4v) is 7.77. The number of hydrogen-bond acceptors (Lipinski definition) is 4. The standard InChI is InChI=1S/C48H29NO3/c1-6-15-45-37(8-1)40-12-7-11-36(48(40)52-45)31-18-23-34(24-19-31)49(35-25-27-47-42(29-35)39-10-3-5-14-44(39)51-47)33-21-16-30(17-22-33)32-20-26-46-41(28-32)38-9-2-4-13-43(38)50-46/h1-29H. The van der Waals surface area contributed by atoms with E-state index in [-0.39, 0.29) is 0 Å². The number of hydrogen-bond donors (Lipinski definition) is 0. The Kier molecular flexibility index (Phi) is 6.22. The smallest absolute Gasteiger partial charge is 0.143 e. The maximum absolute atomic E-state index is 6.39. The molecular formula is C48H29NO3. The minimum atomic E-state index is 0.872. The van der Waals surface area contributed by atoms with E-state index in [1.54, 1.807) is 0 Å². The Morgan fingerprint density at radius 2 is 0.750 bits per heavy atom. The van der Waals surface area contributed by atoms with Gasteiger partial charge >= 0.3 is 0 Å². The second-order valence-electron chi connectivity index (χ2n) is 13.3. The molecule has 0 saturated carbocycles. The molecule has 0 saturated heterocycles. The van der Waals surface area contributed by atoms with Crippen LogP contribution in [0, 0.1) is 0 Å². The number of fused-ring (bicyclic) bond motifs is 9. The lowest BCUT2D eigenvalue weighted by Gasteiger charge is -2.26. The summed E-state index contributed by atoms with van der Waals surface area (Å²) in [5.41, 5.74) is 13.0. The maximum Gasteiger partial charge on any atom is 0.143 e. The molecule has 0 unspecified atom stereocenters. The van der Waals surface area contributed by atoms with E-state index in [9.17, 15) is 0 Å². The van der Waals surface area contributed by atoms with Crippen LogP contribution in [0.15, 0.2) is 189 Å². The Hall–Kier alpha value is -7.04. The zero-order chi connectivity index (χ0) is 34.2. The molecule has 3 aromatic heterocycles. The maximum atomic E-state index is 6.39. The van der Waals surface area contributed by atoms with Crippen molar-refractivity contribution >= 4 is 82.9 Å². The van der Waals surface area contributed by atoms with Gasteiger partial charge < -0.3 is 18.2 Å². The third-order valence-corrected chi connectivity index (χ3v) is 10.3. The van der Waals surface area contributed by atoms with Crippen LogP contribution in [0.1, 0.15) is 0 Å². The van der Waals surface area contributed by atoms with Crippen LogP contribution in [0.25, 0.3) is 88.1 Å². The van der Waals surface area contributed by atoms with Crippen LogP contribution < -0.4 is 4.90 Å². The van der Waals surface area contributed by atoms with Gasteiger partial charge in [-0.3, -0.25) is 0 Å². The van der Waals surface area contributed by atoms with E-state index in [1.807, 2.05) is 36.4 Å². The van der Waals surface area contributed by atoms with Crippen LogP contribution in [0.4, 0.5) is 17.1 Å². The number of furan rings is 3. The quantitative estimate of drug-likeness (QED) is 0.183. The number of rotatable bonds is 5. The van der Waals surface area contributed by atoms with E-state index < -0.39 is 0 Å². The number of benzene rings is 8. The molecule has 0 N–H and O–H groups in total. The third kappa shape index (κ3) is 4.48. The summed E-state index contributed by atoms with van der Waals surface area (Å²) in [4.78, 5) is 2.31. The first-order chi connectivity index (χ1) is 25.7. The van der Waals surface area contributed by atoms with Gasteiger partial charge in [-0.1, -0.05) is 103 Å². The van der Waals surface area contributed by atoms with E-state index in [4.69, 9.17) is 13.3 Å². The van der Waals surface area contributed by atoms with E-state index in [0.717, 1.165) is 105 Å². The van der Waals surface area contributed by atoms with Crippen molar-refractivity contribution in [3.8, 4) is 22.3 Å². The Morgan fingerprint density at radius 1 is 0.288 bits per heavy atom. The van der Waals surface area contributed by atoms with Gasteiger partial charge in [0.05, 0.1) is 0 Å². The molecule has 3 heterocycles. The molecule has 8 aromatic carbocycles. The first kappa shape index (κ1) is 28.8. The van der Waals surface area contributed by atoms with Gasteiger partial charge in [0.15, 0.2) is 0 Å². The number of anilines is 3. The minimum Gasteiger partial charge on any atom is -0.456 e. The molecule has 52 heavy (non-hydrogen) atoms. The van der Waals surface area contributed by atoms with E-state index in [2.05, 4.69) is 144 Å². The van der Waals surface area contributed by atoms with E-state index in [1.165, 1.54) is 0 Å². The predicted molar refractivity (Wildman–Crippen MR) is 214 cm³/mol. The summed E-state index contributed by atoms with van der Waals surface area (Å²) in [6.45, 7) is 0. The second kappa shape index (κ2) is 11.2. The van der Waals surface area contributed by atoms with Crippen molar-refractivity contribution in [3.63, 3.8) is 0 Å². The molecule has 244 valence electrons. The Labute approximate surface area is 298 Å². The molecule has 11 aromatic rings. The molecule has 11 rings (SSSR count). The van der Waals surface area contributed by atoms with Gasteiger partial charge in [-0.05, 0) is 89.5 Å². The molecule has 0 fully saturated rings. The first-order valence-electron chi connectivity index (χ1n) is 17.5. The molecule has 0 spiro atoms. The molecule has 4 heteroatoms. The summed E-state index contributed by atoms with van der Waals surface area (Å²) in [5, 5.41) is 6.70. The summed E-state index contributed by atoms with van der Waals surface area (Å²) < 4.78 is 18.7. The lowest BCUT2D eigenvalue weighted by atomic mass is 10.0. The van der Waals surface area contributed by atoms with Crippen molar-refractivity contribution in [1.82, 2.24) is 0 Å². The van der Waals surface area contributed by atoms with Gasteiger partial charge in [-0.2, -0.15) is 0 Å². The van der Waals surface area contributed by atoms with Gasteiger partial charge in [-0.25, -0.2) is 0 Å². The van der Waals surface area contributed by atoms with Gasteiger partial charge in [-0.15, -0.1) is 0 Å². The van der Waals surface area contributed by atoms with Crippen molar-refractivity contribution in [2.24, 2.45) is 0 Å². The van der Waals surface area contributed by atoms with Gasteiger partial charge in [0.25, 0.3) is 0 Å². The summed E-state index contributed by atoms with van der Waals surface area (Å²) in [5.74, 6) is 0. The Balaban J connectivity index is 1.02. The summed E-state index contributed by atoms with van der Waals surface area (Å²) in [6.07, 6.45) is 0. The van der Waals surface area contributed by atoms with Crippen LogP contribution >= 0.6 is 0 Å². The Morgan fingerprint density at radius 3 is 1.40 bits per heavy atom. The fourth-order valence-electron chi connectivity index (χ4n) is 7.77. The number of para-hydroxylation sites is 4. The second-order valence-corrected chi connectivity index (χ2v) is 13.3. The van der Waals surface area contributed by atoms with Crippen molar-refractivity contribution in [2.45, 2.75) is 0 Å². The SMILES string of the molecule is c1ccc2c(c1)oc1ccc(-c3ccc(N(c4ccc(-c5cccc6c5oc5ccccc56)cc4)c4ccc5oc6ccccc6c5c4)cc3)cc12. The molecule has 4 nitrogen and oxygen atoms in total. The highest BCUT2D eigenvalue weighted by molar-refractivity contribution is 6.10. The van der Waals surface area contributed by atoms with Gasteiger partial charge in [0.2, 0.25) is 0 Å². The van der Waals surface area contributed by atoms with Crippen LogP contribution in [0.3, 0.4) is 0 Å². The summed E-state index contributed by atoms with van der Waals surface area (Å²) >= 11 is 0. The molecule has 0 radical (unpaired) electrons. The molecule has 0 bridgehead atoms. The predicted octanol–water partition coefficient (Wildman–Crippen LogP) is 14.2. The molecule has 0 amide bonds. The normalized spacial score (nSPS) is 11.8. The zero-order valence-corrected chi connectivity index (χ0v) is 27.9. The number of nitrogens with zero attached hydrogens (tertiary/aromatic N) is 1. The van der Waals surface area contributed by atoms with Crippen LogP contribution in [0.5, 0.6) is 0 Å². The fraction of sp³-hybridized carbons (Fsp3) is 0. The van der Waals surface area contributed by atoms with Crippen molar-refractivity contribution in [2.75, 3.05) is 4.90 Å². The highest BCUT2D eigenvalue weighted by Crippen LogP contribution is 2.42. The molecule has 0 aliphatic carbocycles. The van der Waals surface area contributed by atoms with E-state index >= 15 is 0 Å².